The SMILES string of the molecule is CC(=O)NCCCC(=O)Oc1ccc([N+](=O)[O-])c(Cl)c1. The molecule has 0 atom stereocenters. The molecular formula is C12H13ClN2O5. The summed E-state index contributed by atoms with van der Waals surface area (Å²) in [5, 5.41) is 13.0. The largest absolute Gasteiger partial charge is 0.426 e. The van der Waals surface area contributed by atoms with Gasteiger partial charge in [0.2, 0.25) is 5.91 Å². The van der Waals surface area contributed by atoms with Gasteiger partial charge in [-0.25, -0.2) is 0 Å². The molecule has 0 saturated heterocycles. The van der Waals surface area contributed by atoms with Gasteiger partial charge < -0.3 is 10.1 Å². The van der Waals surface area contributed by atoms with Gasteiger partial charge in [-0.2, -0.15) is 0 Å². The molecule has 0 fully saturated rings. The number of benzene rings is 1. The van der Waals surface area contributed by atoms with Gasteiger partial charge in [0.1, 0.15) is 10.8 Å². The summed E-state index contributed by atoms with van der Waals surface area (Å²) in [6.07, 6.45) is 0.564. The van der Waals surface area contributed by atoms with E-state index in [1.54, 1.807) is 0 Å². The van der Waals surface area contributed by atoms with Crippen LogP contribution in [0.2, 0.25) is 5.02 Å². The Balaban J connectivity index is 2.48. The molecule has 0 spiro atoms. The maximum Gasteiger partial charge on any atom is 0.311 e. The molecule has 8 heteroatoms. The Morgan fingerprint density at radius 2 is 2.15 bits per heavy atom. The Kier molecular flexibility index (Phi) is 5.92. The fourth-order valence-corrected chi connectivity index (χ4v) is 1.62. The minimum absolute atomic E-state index is 0.0986. The van der Waals surface area contributed by atoms with E-state index in [1.165, 1.54) is 25.1 Å². The number of nitro benzene ring substituents is 1. The van der Waals surface area contributed by atoms with Gasteiger partial charge in [-0.3, -0.25) is 19.7 Å². The van der Waals surface area contributed by atoms with Gasteiger partial charge in [0.15, 0.2) is 0 Å². The number of hydrogen-bond donors (Lipinski definition) is 1. The van der Waals surface area contributed by atoms with Crippen molar-refractivity contribution in [3.8, 4) is 5.75 Å². The molecular weight excluding hydrogens is 288 g/mol. The van der Waals surface area contributed by atoms with Crippen molar-refractivity contribution in [3.05, 3.63) is 33.3 Å². The molecule has 7 nitrogen and oxygen atoms in total. The van der Waals surface area contributed by atoms with Gasteiger partial charge in [0.25, 0.3) is 5.69 Å². The lowest BCUT2D eigenvalue weighted by Crippen LogP contribution is -2.22. The number of hydrogen-bond acceptors (Lipinski definition) is 5. The predicted molar refractivity (Wildman–Crippen MR) is 71.7 cm³/mol. The van der Waals surface area contributed by atoms with E-state index in [2.05, 4.69) is 5.32 Å². The average molecular weight is 301 g/mol. The molecule has 0 unspecified atom stereocenters. The molecule has 20 heavy (non-hydrogen) atoms. The van der Waals surface area contributed by atoms with Gasteiger partial charge in [-0.05, 0) is 12.5 Å². The number of nitrogens with one attached hydrogen (secondary N) is 1. The summed E-state index contributed by atoms with van der Waals surface area (Å²) < 4.78 is 4.98. The third-order valence-electron chi connectivity index (χ3n) is 2.28. The van der Waals surface area contributed by atoms with Crippen molar-refractivity contribution in [2.24, 2.45) is 0 Å². The van der Waals surface area contributed by atoms with Crippen molar-refractivity contribution in [2.45, 2.75) is 19.8 Å². The molecule has 0 radical (unpaired) electrons. The number of halogens is 1. The van der Waals surface area contributed by atoms with Crippen LogP contribution in [0.25, 0.3) is 0 Å². The molecule has 1 aromatic rings. The van der Waals surface area contributed by atoms with Gasteiger partial charge >= 0.3 is 5.97 Å². The Hall–Kier alpha value is -2.15. The second-order valence-corrected chi connectivity index (χ2v) is 4.34. The first-order valence-electron chi connectivity index (χ1n) is 5.79. The fraction of sp³-hybridized carbons (Fsp3) is 0.333. The second-order valence-electron chi connectivity index (χ2n) is 3.93. The van der Waals surface area contributed by atoms with Crippen molar-refractivity contribution < 1.29 is 19.2 Å². The summed E-state index contributed by atoms with van der Waals surface area (Å²) in [4.78, 5) is 32.0. The fourth-order valence-electron chi connectivity index (χ4n) is 1.38. The molecule has 0 aliphatic carbocycles. The lowest BCUT2D eigenvalue weighted by molar-refractivity contribution is -0.384. The second kappa shape index (κ2) is 7.44. The number of carbonyl (C=O) groups is 2. The van der Waals surface area contributed by atoms with Crippen LogP contribution < -0.4 is 10.1 Å². The van der Waals surface area contributed by atoms with Crippen molar-refractivity contribution in [1.29, 1.82) is 0 Å². The lowest BCUT2D eigenvalue weighted by Gasteiger charge is -2.05. The molecule has 1 rings (SSSR count). The molecule has 0 aromatic heterocycles. The number of ether oxygens (including phenoxy) is 1. The Morgan fingerprint density at radius 3 is 2.70 bits per heavy atom. The molecule has 1 N–H and O–H groups in total. The number of rotatable bonds is 6. The van der Waals surface area contributed by atoms with Crippen molar-refractivity contribution >= 4 is 29.2 Å². The van der Waals surface area contributed by atoms with Gasteiger partial charge in [-0.1, -0.05) is 11.6 Å². The highest BCUT2D eigenvalue weighted by atomic mass is 35.5. The molecule has 0 bridgehead atoms. The van der Waals surface area contributed by atoms with Crippen LogP contribution in [0.4, 0.5) is 5.69 Å². The third-order valence-corrected chi connectivity index (χ3v) is 2.58. The van der Waals surface area contributed by atoms with Crippen LogP contribution in [0.3, 0.4) is 0 Å². The van der Waals surface area contributed by atoms with Gasteiger partial charge in [-0.15, -0.1) is 0 Å². The zero-order chi connectivity index (χ0) is 15.1. The third kappa shape index (κ3) is 5.23. The first-order valence-corrected chi connectivity index (χ1v) is 6.17. The van der Waals surface area contributed by atoms with Gasteiger partial charge in [0, 0.05) is 32.0 Å². The van der Waals surface area contributed by atoms with E-state index in [0.29, 0.717) is 13.0 Å². The van der Waals surface area contributed by atoms with E-state index in [9.17, 15) is 19.7 Å². The average Bonchev–Trinajstić information content (AvgIpc) is 2.34. The first-order chi connectivity index (χ1) is 9.40. The first kappa shape index (κ1) is 15.9. The summed E-state index contributed by atoms with van der Waals surface area (Å²) >= 11 is 5.69. The van der Waals surface area contributed by atoms with E-state index < -0.39 is 10.9 Å². The molecule has 1 aromatic carbocycles. The molecule has 0 heterocycles. The van der Waals surface area contributed by atoms with E-state index in [0.717, 1.165) is 0 Å². The van der Waals surface area contributed by atoms with Crippen LogP contribution in [-0.4, -0.2) is 23.3 Å². The Labute approximate surface area is 120 Å². The van der Waals surface area contributed by atoms with Crippen molar-refractivity contribution in [1.82, 2.24) is 5.32 Å². The van der Waals surface area contributed by atoms with E-state index >= 15 is 0 Å². The van der Waals surface area contributed by atoms with Crippen LogP contribution >= 0.6 is 11.6 Å². The minimum Gasteiger partial charge on any atom is -0.426 e. The predicted octanol–water partition coefficient (Wildman–Crippen LogP) is 2.07. The highest BCUT2D eigenvalue weighted by molar-refractivity contribution is 6.32. The number of esters is 1. The standard InChI is InChI=1S/C12H13ClN2O5/c1-8(16)14-6-2-3-12(17)20-9-4-5-11(15(18)19)10(13)7-9/h4-5,7H,2-3,6H2,1H3,(H,14,16). The molecule has 1 amide bonds. The zero-order valence-electron chi connectivity index (χ0n) is 10.7. The molecule has 0 saturated carbocycles. The smallest absolute Gasteiger partial charge is 0.311 e. The molecule has 0 aliphatic rings. The number of nitrogens with zero attached hydrogens (tertiary/aromatic N) is 1. The number of amides is 1. The molecule has 0 aliphatic heterocycles. The Bertz CT molecular complexity index is 533. The zero-order valence-corrected chi connectivity index (χ0v) is 11.5. The van der Waals surface area contributed by atoms with Crippen LogP contribution in [0.5, 0.6) is 5.75 Å². The summed E-state index contributed by atoms with van der Waals surface area (Å²) in [5.41, 5.74) is -0.253. The van der Waals surface area contributed by atoms with Crippen LogP contribution in [-0.2, 0) is 9.59 Å². The van der Waals surface area contributed by atoms with Crippen LogP contribution in [0, 0.1) is 10.1 Å². The monoisotopic (exact) mass is 300 g/mol. The highest BCUT2D eigenvalue weighted by Crippen LogP contribution is 2.28. The maximum atomic E-state index is 11.5. The number of carbonyl (C=O) groups excluding carboxylic acids is 2. The quantitative estimate of drug-likeness (QED) is 0.285. The van der Waals surface area contributed by atoms with Crippen molar-refractivity contribution in [2.75, 3.05) is 6.54 Å². The summed E-state index contributed by atoms with van der Waals surface area (Å²) in [7, 11) is 0. The summed E-state index contributed by atoms with van der Waals surface area (Å²) in [5.74, 6) is -0.522. The minimum atomic E-state index is -0.624. The molecule has 108 valence electrons. The summed E-state index contributed by atoms with van der Waals surface area (Å²) in [6, 6.07) is 3.68. The Morgan fingerprint density at radius 1 is 1.45 bits per heavy atom. The lowest BCUT2D eigenvalue weighted by atomic mass is 10.3. The normalized spacial score (nSPS) is 9.90. The van der Waals surface area contributed by atoms with Crippen LogP contribution in [0.15, 0.2) is 18.2 Å². The van der Waals surface area contributed by atoms with Crippen molar-refractivity contribution in [3.63, 3.8) is 0 Å². The summed E-state index contributed by atoms with van der Waals surface area (Å²) in [6.45, 7) is 1.77. The maximum absolute atomic E-state index is 11.5. The highest BCUT2D eigenvalue weighted by Gasteiger charge is 2.14. The van der Waals surface area contributed by atoms with Gasteiger partial charge in [0.05, 0.1) is 4.92 Å². The van der Waals surface area contributed by atoms with E-state index in [1.807, 2.05) is 0 Å². The van der Waals surface area contributed by atoms with E-state index in [-0.39, 0.29) is 28.8 Å². The topological polar surface area (TPSA) is 98.5 Å². The van der Waals surface area contributed by atoms with E-state index in [4.69, 9.17) is 16.3 Å². The number of nitro groups is 1. The van der Waals surface area contributed by atoms with Crippen LogP contribution in [0.1, 0.15) is 19.8 Å².